The summed E-state index contributed by atoms with van der Waals surface area (Å²) in [6.07, 6.45) is 0.401. The van der Waals surface area contributed by atoms with Crippen molar-refractivity contribution in [3.8, 4) is 11.5 Å². The molecule has 2 heterocycles. The lowest BCUT2D eigenvalue weighted by Gasteiger charge is -2.16. The number of nitrogens with zero attached hydrogens (tertiary/aromatic N) is 1. The van der Waals surface area contributed by atoms with Gasteiger partial charge in [-0.15, -0.1) is 0 Å². The van der Waals surface area contributed by atoms with Gasteiger partial charge in [-0.2, -0.15) is 0 Å². The van der Waals surface area contributed by atoms with Gasteiger partial charge in [-0.25, -0.2) is 0 Å². The second-order valence-corrected chi connectivity index (χ2v) is 5.95. The quantitative estimate of drug-likeness (QED) is 0.826. The van der Waals surface area contributed by atoms with Crippen LogP contribution in [0.5, 0.6) is 11.5 Å². The summed E-state index contributed by atoms with van der Waals surface area (Å²) in [5, 5.41) is 0.0840. The van der Waals surface area contributed by atoms with Gasteiger partial charge in [0.1, 0.15) is 0 Å². The summed E-state index contributed by atoms with van der Waals surface area (Å²) in [5.41, 5.74) is 0.793. The number of benzene rings is 1. The van der Waals surface area contributed by atoms with Crippen LogP contribution in [0.3, 0.4) is 0 Å². The molecule has 1 aromatic carbocycles. The molecule has 1 amide bonds. The van der Waals surface area contributed by atoms with Crippen LogP contribution in [0.4, 0.5) is 5.69 Å². The van der Waals surface area contributed by atoms with E-state index in [0.29, 0.717) is 24.5 Å². The van der Waals surface area contributed by atoms with Crippen LogP contribution in [0.25, 0.3) is 0 Å². The van der Waals surface area contributed by atoms with Gasteiger partial charge in [0.2, 0.25) is 12.7 Å². The summed E-state index contributed by atoms with van der Waals surface area (Å²) >= 11 is 1.23. The van der Waals surface area contributed by atoms with Crippen molar-refractivity contribution in [3.63, 3.8) is 0 Å². The summed E-state index contributed by atoms with van der Waals surface area (Å²) in [6, 6.07) is 5.45. The SMILES string of the molecule is CC(=O)SC1CC(=O)N(c2ccc3c(c2)OCO3)C1. The third kappa shape index (κ3) is 2.40. The Kier molecular flexibility index (Phi) is 3.10. The predicted molar refractivity (Wildman–Crippen MR) is 71.6 cm³/mol. The van der Waals surface area contributed by atoms with Crippen molar-refractivity contribution in [2.45, 2.75) is 18.6 Å². The molecule has 100 valence electrons. The average molecular weight is 279 g/mol. The second kappa shape index (κ2) is 4.77. The zero-order valence-electron chi connectivity index (χ0n) is 10.4. The fraction of sp³-hybridized carbons (Fsp3) is 0.385. The Labute approximate surface area is 114 Å². The number of thioether (sulfide) groups is 1. The molecule has 19 heavy (non-hydrogen) atoms. The zero-order valence-corrected chi connectivity index (χ0v) is 11.2. The number of anilines is 1. The Bertz CT molecular complexity index is 545. The molecule has 0 saturated carbocycles. The van der Waals surface area contributed by atoms with E-state index in [1.54, 1.807) is 17.0 Å². The van der Waals surface area contributed by atoms with Gasteiger partial charge in [-0.1, -0.05) is 11.8 Å². The molecular weight excluding hydrogens is 266 g/mol. The number of hydrogen-bond acceptors (Lipinski definition) is 5. The Morgan fingerprint density at radius 3 is 2.95 bits per heavy atom. The maximum absolute atomic E-state index is 12.0. The van der Waals surface area contributed by atoms with E-state index in [1.165, 1.54) is 18.7 Å². The van der Waals surface area contributed by atoms with Crippen LogP contribution < -0.4 is 14.4 Å². The molecular formula is C13H13NO4S. The first-order valence-corrected chi connectivity index (χ1v) is 6.88. The average Bonchev–Trinajstić information content (AvgIpc) is 2.93. The van der Waals surface area contributed by atoms with E-state index in [-0.39, 0.29) is 23.1 Å². The summed E-state index contributed by atoms with van der Waals surface area (Å²) in [7, 11) is 0. The van der Waals surface area contributed by atoms with Crippen LogP contribution >= 0.6 is 11.8 Å². The number of rotatable bonds is 2. The van der Waals surface area contributed by atoms with Crippen molar-refractivity contribution >= 4 is 28.5 Å². The third-order valence-electron chi connectivity index (χ3n) is 3.09. The minimum absolute atomic E-state index is 0.0374. The molecule has 1 aromatic rings. The molecule has 3 rings (SSSR count). The van der Waals surface area contributed by atoms with Crippen molar-refractivity contribution in [2.24, 2.45) is 0 Å². The van der Waals surface area contributed by atoms with Crippen molar-refractivity contribution in [1.29, 1.82) is 0 Å². The Hall–Kier alpha value is -1.69. The van der Waals surface area contributed by atoms with Crippen LogP contribution in [0.15, 0.2) is 18.2 Å². The van der Waals surface area contributed by atoms with Gasteiger partial charge in [0.25, 0.3) is 0 Å². The Balaban J connectivity index is 1.79. The van der Waals surface area contributed by atoms with Crippen LogP contribution in [-0.2, 0) is 9.59 Å². The van der Waals surface area contributed by atoms with Crippen molar-refractivity contribution in [1.82, 2.24) is 0 Å². The number of amides is 1. The molecule has 0 bridgehead atoms. The molecule has 0 aliphatic carbocycles. The first-order valence-electron chi connectivity index (χ1n) is 6.01. The van der Waals surface area contributed by atoms with Crippen LogP contribution in [0.2, 0.25) is 0 Å². The molecule has 0 aromatic heterocycles. The monoisotopic (exact) mass is 279 g/mol. The summed E-state index contributed by atoms with van der Waals surface area (Å²) in [4.78, 5) is 24.8. The summed E-state index contributed by atoms with van der Waals surface area (Å²) in [6.45, 7) is 2.30. The molecule has 1 atom stereocenters. The highest BCUT2D eigenvalue weighted by Gasteiger charge is 2.32. The van der Waals surface area contributed by atoms with E-state index < -0.39 is 0 Å². The minimum atomic E-state index is 0.0374. The molecule has 1 unspecified atom stereocenters. The fourth-order valence-corrected chi connectivity index (χ4v) is 3.21. The fourth-order valence-electron chi connectivity index (χ4n) is 2.29. The van der Waals surface area contributed by atoms with Gasteiger partial charge in [0.15, 0.2) is 16.6 Å². The van der Waals surface area contributed by atoms with Gasteiger partial charge in [0, 0.05) is 36.9 Å². The number of carbonyl (C=O) groups is 2. The molecule has 2 aliphatic rings. The molecule has 1 saturated heterocycles. The molecule has 2 aliphatic heterocycles. The highest BCUT2D eigenvalue weighted by atomic mass is 32.2. The molecule has 1 fully saturated rings. The highest BCUT2D eigenvalue weighted by molar-refractivity contribution is 8.14. The molecule has 6 heteroatoms. The van der Waals surface area contributed by atoms with Crippen molar-refractivity contribution in [3.05, 3.63) is 18.2 Å². The number of hydrogen-bond donors (Lipinski definition) is 0. The largest absolute Gasteiger partial charge is 0.454 e. The minimum Gasteiger partial charge on any atom is -0.454 e. The normalized spacial score (nSPS) is 21.0. The van der Waals surface area contributed by atoms with E-state index in [1.807, 2.05) is 6.07 Å². The van der Waals surface area contributed by atoms with Gasteiger partial charge >= 0.3 is 0 Å². The van der Waals surface area contributed by atoms with Crippen molar-refractivity contribution < 1.29 is 19.1 Å². The predicted octanol–water partition coefficient (Wildman–Crippen LogP) is 1.80. The zero-order chi connectivity index (χ0) is 13.4. The van der Waals surface area contributed by atoms with E-state index in [9.17, 15) is 9.59 Å². The summed E-state index contributed by atoms with van der Waals surface area (Å²) < 4.78 is 10.5. The summed E-state index contributed by atoms with van der Waals surface area (Å²) in [5.74, 6) is 1.40. The standard InChI is InChI=1S/C13H13NO4S/c1-8(15)19-10-5-13(16)14(6-10)9-2-3-11-12(4-9)18-7-17-11/h2-4,10H,5-7H2,1H3. The number of ether oxygens (including phenoxy) is 2. The Morgan fingerprint density at radius 1 is 1.37 bits per heavy atom. The molecule has 0 spiro atoms. The second-order valence-electron chi connectivity index (χ2n) is 4.48. The van der Waals surface area contributed by atoms with E-state index in [2.05, 4.69) is 0 Å². The van der Waals surface area contributed by atoms with Crippen LogP contribution in [0.1, 0.15) is 13.3 Å². The molecule has 0 N–H and O–H groups in total. The van der Waals surface area contributed by atoms with E-state index >= 15 is 0 Å². The van der Waals surface area contributed by atoms with Gasteiger partial charge < -0.3 is 14.4 Å². The first kappa shape index (κ1) is 12.3. The highest BCUT2D eigenvalue weighted by Crippen LogP contribution is 2.37. The lowest BCUT2D eigenvalue weighted by atomic mass is 10.2. The maximum Gasteiger partial charge on any atom is 0.231 e. The van der Waals surface area contributed by atoms with E-state index in [4.69, 9.17) is 9.47 Å². The first-order chi connectivity index (χ1) is 9.13. The maximum atomic E-state index is 12.0. The van der Waals surface area contributed by atoms with Crippen molar-refractivity contribution in [2.75, 3.05) is 18.2 Å². The molecule has 5 nitrogen and oxygen atoms in total. The van der Waals surface area contributed by atoms with E-state index in [0.717, 1.165) is 5.69 Å². The lowest BCUT2D eigenvalue weighted by Crippen LogP contribution is -2.24. The number of carbonyl (C=O) groups excluding carboxylic acids is 2. The van der Waals surface area contributed by atoms with Gasteiger partial charge in [-0.05, 0) is 12.1 Å². The third-order valence-corrected chi connectivity index (χ3v) is 4.07. The van der Waals surface area contributed by atoms with Crippen LogP contribution in [0, 0.1) is 0 Å². The van der Waals surface area contributed by atoms with Gasteiger partial charge in [0.05, 0.1) is 0 Å². The smallest absolute Gasteiger partial charge is 0.231 e. The lowest BCUT2D eigenvalue weighted by molar-refractivity contribution is -0.117. The number of fused-ring (bicyclic) bond motifs is 1. The van der Waals surface area contributed by atoms with Gasteiger partial charge in [-0.3, -0.25) is 9.59 Å². The molecule has 0 radical (unpaired) electrons. The topological polar surface area (TPSA) is 55.8 Å². The Morgan fingerprint density at radius 2 is 2.16 bits per heavy atom. The van der Waals surface area contributed by atoms with Crippen LogP contribution in [-0.4, -0.2) is 29.6 Å².